The molecule has 0 heterocycles. The molecule has 35 heavy (non-hydrogen) atoms. The minimum absolute atomic E-state index is 0.121. The van der Waals surface area contributed by atoms with Crippen LogP contribution in [0.1, 0.15) is 42.9 Å². The first-order valence-corrected chi connectivity index (χ1v) is 12.1. The molecule has 0 radical (unpaired) electrons. The van der Waals surface area contributed by atoms with E-state index in [4.69, 9.17) is 11.7 Å². The van der Waals surface area contributed by atoms with Crippen molar-refractivity contribution in [1.29, 1.82) is 0 Å². The summed E-state index contributed by atoms with van der Waals surface area (Å²) >= 11 is 0.868. The smallest absolute Gasteiger partial charge is 0.260 e. The fraction of sp³-hybridized carbons (Fsp3) is 0.280. The average molecular weight is 497 g/mol. The number of carbonyl (C=O) groups excluding carboxylic acids is 3. The lowest BCUT2D eigenvalue weighted by Crippen LogP contribution is -2.32. The first kappa shape index (κ1) is 27.6. The predicted molar refractivity (Wildman–Crippen MR) is 143 cm³/mol. The molecule has 0 saturated heterocycles. The van der Waals surface area contributed by atoms with Gasteiger partial charge in [-0.1, -0.05) is 31.2 Å². The molecule has 0 bridgehead atoms. The molecule has 2 aromatic carbocycles. The fourth-order valence-electron chi connectivity index (χ4n) is 3.25. The summed E-state index contributed by atoms with van der Waals surface area (Å²) in [5.41, 5.74) is 6.46. The summed E-state index contributed by atoms with van der Waals surface area (Å²) in [6.45, 7) is 2.55. The number of hydrazone groups is 1. The third kappa shape index (κ3) is 8.91. The van der Waals surface area contributed by atoms with Gasteiger partial charge >= 0.3 is 0 Å². The number of nitrogens with two attached hydrogens (primary N) is 2. The summed E-state index contributed by atoms with van der Waals surface area (Å²) in [6.07, 6.45) is 4.24. The lowest BCUT2D eigenvalue weighted by molar-refractivity contribution is -0.125. The van der Waals surface area contributed by atoms with Gasteiger partial charge in [0.05, 0.1) is 4.91 Å². The van der Waals surface area contributed by atoms with E-state index >= 15 is 0 Å². The second-order valence-corrected chi connectivity index (χ2v) is 8.62. The van der Waals surface area contributed by atoms with Crippen LogP contribution in [0, 0.1) is 0 Å². The number of anilines is 1. The standard InChI is InChI=1S/C25H32N6O3S/c1-3-18-7-9-19(10-8-18)16-22(35-17-32)25(34)31(2)15-5-4-6-23(33)28-21-13-11-20(12-14-21)24(29-26)30-27/h7-14,16-17H,3-6,15,26-27H2,1-2H3,(H,28,33)(H,29,30)/b22-16-. The van der Waals surface area contributed by atoms with Crippen molar-refractivity contribution in [3.63, 3.8) is 0 Å². The minimum Gasteiger partial charge on any atom is -0.341 e. The Balaban J connectivity index is 1.82. The zero-order valence-corrected chi connectivity index (χ0v) is 20.8. The lowest BCUT2D eigenvalue weighted by Gasteiger charge is -2.18. The van der Waals surface area contributed by atoms with Gasteiger partial charge in [0.15, 0.2) is 11.5 Å². The maximum absolute atomic E-state index is 12.8. The van der Waals surface area contributed by atoms with Crippen LogP contribution in [-0.2, 0) is 20.8 Å². The largest absolute Gasteiger partial charge is 0.341 e. The number of unbranched alkanes of at least 4 members (excludes halogenated alkanes) is 1. The van der Waals surface area contributed by atoms with Crippen molar-refractivity contribution in [3.05, 3.63) is 70.1 Å². The van der Waals surface area contributed by atoms with Crippen LogP contribution in [0.4, 0.5) is 5.69 Å². The number of carbonyl (C=O) groups is 3. The summed E-state index contributed by atoms with van der Waals surface area (Å²) in [6, 6.07) is 14.8. The number of rotatable bonds is 12. The van der Waals surface area contributed by atoms with Gasteiger partial charge in [0, 0.05) is 31.3 Å². The molecule has 0 aliphatic rings. The number of aryl methyl sites for hydroxylation is 1. The average Bonchev–Trinajstić information content (AvgIpc) is 2.88. The molecule has 0 fully saturated rings. The number of amidine groups is 1. The molecular formula is C25H32N6O3S. The quantitative estimate of drug-likeness (QED) is 0.0673. The van der Waals surface area contributed by atoms with E-state index in [0.29, 0.717) is 53.4 Å². The molecule has 0 aliphatic carbocycles. The zero-order valence-electron chi connectivity index (χ0n) is 20.0. The molecule has 2 aromatic rings. The monoisotopic (exact) mass is 496 g/mol. The Labute approximate surface area is 210 Å². The highest BCUT2D eigenvalue weighted by Gasteiger charge is 2.15. The van der Waals surface area contributed by atoms with E-state index in [1.54, 1.807) is 42.3 Å². The molecule has 0 aliphatic heterocycles. The maximum atomic E-state index is 12.8. The molecule has 186 valence electrons. The third-order valence-corrected chi connectivity index (χ3v) is 5.92. The molecule has 0 saturated carbocycles. The Kier molecular flexibility index (Phi) is 11.5. The van der Waals surface area contributed by atoms with Gasteiger partial charge in [0.25, 0.3) is 5.91 Å². The zero-order chi connectivity index (χ0) is 25.6. The summed E-state index contributed by atoms with van der Waals surface area (Å²) in [7, 11) is 1.69. The molecular weight excluding hydrogens is 464 g/mol. The number of thioether (sulfide) groups is 1. The Bertz CT molecular complexity index is 1050. The number of benzene rings is 2. The topological polar surface area (TPSA) is 143 Å². The van der Waals surface area contributed by atoms with Crippen molar-refractivity contribution >= 4 is 46.8 Å². The second kappa shape index (κ2) is 14.6. The van der Waals surface area contributed by atoms with Gasteiger partial charge in [0.2, 0.25) is 5.91 Å². The molecule has 6 N–H and O–H groups in total. The van der Waals surface area contributed by atoms with Crippen molar-refractivity contribution in [2.45, 2.75) is 32.6 Å². The molecule has 0 atom stereocenters. The predicted octanol–water partition coefficient (Wildman–Crippen LogP) is 2.86. The van der Waals surface area contributed by atoms with E-state index in [1.165, 1.54) is 5.56 Å². The summed E-state index contributed by atoms with van der Waals surface area (Å²) in [5.74, 6) is 10.6. The van der Waals surface area contributed by atoms with E-state index < -0.39 is 0 Å². The van der Waals surface area contributed by atoms with Gasteiger partial charge in [-0.25, -0.2) is 5.84 Å². The van der Waals surface area contributed by atoms with Gasteiger partial charge in [-0.3, -0.25) is 14.4 Å². The van der Waals surface area contributed by atoms with Crippen LogP contribution in [0.2, 0.25) is 0 Å². The minimum atomic E-state index is -0.224. The molecule has 0 spiro atoms. The molecule has 0 unspecified atom stereocenters. The Morgan fingerprint density at radius 2 is 1.77 bits per heavy atom. The highest BCUT2D eigenvalue weighted by atomic mass is 32.2. The highest BCUT2D eigenvalue weighted by Crippen LogP contribution is 2.20. The highest BCUT2D eigenvalue weighted by molar-refractivity contribution is 8.16. The summed E-state index contributed by atoms with van der Waals surface area (Å²) in [4.78, 5) is 38.1. The van der Waals surface area contributed by atoms with Gasteiger partial charge in [0.1, 0.15) is 0 Å². The van der Waals surface area contributed by atoms with Crippen LogP contribution in [0.5, 0.6) is 0 Å². The van der Waals surface area contributed by atoms with Gasteiger partial charge in [-0.05, 0) is 72.5 Å². The third-order valence-electron chi connectivity index (χ3n) is 5.27. The molecule has 0 aromatic heterocycles. The van der Waals surface area contributed by atoms with Crippen LogP contribution in [-0.4, -0.2) is 41.8 Å². The van der Waals surface area contributed by atoms with Gasteiger partial charge in [-0.2, -0.15) is 5.10 Å². The number of nitrogens with one attached hydrogen (secondary N) is 2. The summed E-state index contributed by atoms with van der Waals surface area (Å²) in [5, 5.41) is 6.37. The van der Waals surface area contributed by atoms with E-state index in [0.717, 1.165) is 23.7 Å². The van der Waals surface area contributed by atoms with Crippen molar-refractivity contribution < 1.29 is 14.4 Å². The number of nitrogens with zero attached hydrogens (tertiary/aromatic N) is 2. The van der Waals surface area contributed by atoms with Crippen LogP contribution < -0.4 is 22.4 Å². The number of hydrogen-bond acceptors (Lipinski definition) is 7. The van der Waals surface area contributed by atoms with Crippen molar-refractivity contribution in [2.75, 3.05) is 18.9 Å². The number of hydrogen-bond donors (Lipinski definition) is 4. The van der Waals surface area contributed by atoms with E-state index in [9.17, 15) is 14.4 Å². The lowest BCUT2D eigenvalue weighted by atomic mass is 10.1. The Hall–Kier alpha value is -3.63. The Morgan fingerprint density at radius 1 is 1.09 bits per heavy atom. The molecule has 9 nitrogen and oxygen atoms in total. The van der Waals surface area contributed by atoms with Crippen LogP contribution in [0.25, 0.3) is 6.08 Å². The van der Waals surface area contributed by atoms with Gasteiger partial charge in [-0.15, -0.1) is 0 Å². The normalized spacial score (nSPS) is 11.6. The van der Waals surface area contributed by atoms with E-state index in [-0.39, 0.29) is 11.8 Å². The van der Waals surface area contributed by atoms with Crippen molar-refractivity contribution in [1.82, 2.24) is 10.3 Å². The van der Waals surface area contributed by atoms with E-state index in [1.807, 2.05) is 24.3 Å². The van der Waals surface area contributed by atoms with Crippen LogP contribution in [0.15, 0.2) is 58.5 Å². The Morgan fingerprint density at radius 3 is 2.34 bits per heavy atom. The fourth-order valence-corrected chi connectivity index (χ4v) is 3.82. The summed E-state index contributed by atoms with van der Waals surface area (Å²) < 4.78 is 0. The number of amides is 2. The van der Waals surface area contributed by atoms with Gasteiger partial charge < -0.3 is 21.5 Å². The number of hydrazine groups is 1. The van der Waals surface area contributed by atoms with Crippen molar-refractivity contribution in [2.24, 2.45) is 16.8 Å². The SMILES string of the molecule is CCc1ccc(/C=C(\SC=O)C(=O)N(C)CCCCC(=O)Nc2ccc(/C(=N/N)NN)cc2)cc1. The van der Waals surface area contributed by atoms with Crippen LogP contribution >= 0.6 is 11.8 Å². The first-order valence-electron chi connectivity index (χ1n) is 11.2. The van der Waals surface area contributed by atoms with Crippen LogP contribution in [0.3, 0.4) is 0 Å². The van der Waals surface area contributed by atoms with Crippen molar-refractivity contribution in [3.8, 4) is 0 Å². The maximum Gasteiger partial charge on any atom is 0.260 e. The molecule has 2 amide bonds. The number of likely N-dealkylation sites (N-methyl/N-ethyl adjacent to an activating group) is 1. The molecule has 10 heteroatoms. The first-order chi connectivity index (χ1) is 16.9. The molecule has 2 rings (SSSR count). The second-order valence-electron chi connectivity index (χ2n) is 7.75. The van der Waals surface area contributed by atoms with E-state index in [2.05, 4.69) is 22.8 Å².